The van der Waals surface area contributed by atoms with Crippen molar-refractivity contribution < 1.29 is 17.1 Å². The topological polar surface area (TPSA) is 31.6 Å². The van der Waals surface area contributed by atoms with Crippen LogP contribution in [0.5, 0.6) is 0 Å². The van der Waals surface area contributed by atoms with E-state index in [4.69, 9.17) is 0 Å². The van der Waals surface area contributed by atoms with Gasteiger partial charge >= 0.3 is 85.2 Å². The predicted molar refractivity (Wildman–Crippen MR) is 50.2 cm³/mol. The summed E-state index contributed by atoms with van der Waals surface area (Å²) < 4.78 is 2.85. The van der Waals surface area contributed by atoms with Gasteiger partial charge in [-0.15, -0.1) is 0 Å². The van der Waals surface area contributed by atoms with E-state index in [1.165, 1.54) is 14.1 Å². The van der Waals surface area contributed by atoms with Crippen LogP contribution < -0.4 is 8.45 Å². The fourth-order valence-electron chi connectivity index (χ4n) is 1.19. The number of aromatic amines is 2. The molecule has 2 aromatic rings. The summed E-state index contributed by atoms with van der Waals surface area (Å²) in [4.78, 5) is 6.53. The predicted octanol–water partition coefficient (Wildman–Crippen LogP) is 0.938. The van der Waals surface area contributed by atoms with E-state index in [9.17, 15) is 0 Å². The van der Waals surface area contributed by atoms with Crippen LogP contribution in [0.3, 0.4) is 0 Å². The number of nitrogens with one attached hydrogen (secondary N) is 2. The number of hydrogen-bond donors (Lipinski definition) is 2. The van der Waals surface area contributed by atoms with Gasteiger partial charge in [0.25, 0.3) is 0 Å². The monoisotopic (exact) mass is 262 g/mol. The van der Waals surface area contributed by atoms with Crippen molar-refractivity contribution in [3.05, 3.63) is 36.3 Å². The second-order valence-electron chi connectivity index (χ2n) is 2.74. The third kappa shape index (κ3) is 1.92. The van der Waals surface area contributed by atoms with Crippen molar-refractivity contribution in [1.82, 2.24) is 9.97 Å². The molecule has 0 aliphatic carbocycles. The van der Waals surface area contributed by atoms with Gasteiger partial charge in [0.2, 0.25) is 0 Å². The Kier molecular flexibility index (Phi) is 2.65. The summed E-state index contributed by atoms with van der Waals surface area (Å²) in [5, 5.41) is 0. The van der Waals surface area contributed by atoms with E-state index in [1.54, 1.807) is 0 Å². The van der Waals surface area contributed by atoms with Gasteiger partial charge in [-0.2, -0.15) is 0 Å². The Balaban J connectivity index is 2.18. The summed E-state index contributed by atoms with van der Waals surface area (Å²) in [7, 11) is 0. The number of aryl methyl sites for hydroxylation is 1. The van der Waals surface area contributed by atoms with Gasteiger partial charge in [0.05, 0.1) is 0 Å². The molecule has 2 N–H and O–H groups in total. The molecule has 70 valence electrons. The minimum absolute atomic E-state index is 0.173. The number of hydrogen-bond acceptors (Lipinski definition) is 0. The molecule has 0 fully saturated rings. The van der Waals surface area contributed by atoms with Crippen LogP contribution in [-0.2, 0) is 23.5 Å². The third-order valence-corrected chi connectivity index (χ3v) is 4.15. The van der Waals surface area contributed by atoms with Crippen molar-refractivity contribution in [2.75, 3.05) is 0 Å². The standard InChI is InChI=1S/C6H8N.C4H4N.Ru/c1-2-6-4-3-5-7-6;1-2-4-5-3-1;/h3,5,7H,2H2,1H3;1-3,5H;. The molecule has 0 spiro atoms. The zero-order valence-corrected chi connectivity index (χ0v) is 9.19. The van der Waals surface area contributed by atoms with Gasteiger partial charge in [-0.05, 0) is 0 Å². The van der Waals surface area contributed by atoms with E-state index < -0.39 is 0 Å². The molecule has 0 amide bonds. The Hall–Kier alpha value is -0.817. The second kappa shape index (κ2) is 3.93. The maximum absolute atomic E-state index is 3.28. The summed E-state index contributed by atoms with van der Waals surface area (Å²) in [6, 6.07) is 6.41. The molecule has 3 heteroatoms. The first kappa shape index (κ1) is 8.77. The molecule has 0 atom stereocenters. The van der Waals surface area contributed by atoms with E-state index >= 15 is 0 Å². The summed E-state index contributed by atoms with van der Waals surface area (Å²) in [5.74, 6) is 0. The molecule has 0 aliphatic rings. The van der Waals surface area contributed by atoms with Crippen LogP contribution in [0.2, 0.25) is 0 Å². The van der Waals surface area contributed by atoms with Crippen LogP contribution in [0.15, 0.2) is 30.6 Å². The molecule has 0 saturated carbocycles. The van der Waals surface area contributed by atoms with Gasteiger partial charge in [0, 0.05) is 0 Å². The Morgan fingerprint density at radius 3 is 2.85 bits per heavy atom. The van der Waals surface area contributed by atoms with Crippen molar-refractivity contribution in [2.24, 2.45) is 0 Å². The summed E-state index contributed by atoms with van der Waals surface area (Å²) in [6.07, 6.45) is 5.12. The molecule has 0 bridgehead atoms. The molecule has 0 unspecified atom stereocenters. The molecule has 2 heterocycles. The normalized spacial score (nSPS) is 10.8. The quantitative estimate of drug-likeness (QED) is 0.771. The van der Waals surface area contributed by atoms with Crippen molar-refractivity contribution in [3.63, 3.8) is 0 Å². The van der Waals surface area contributed by atoms with Gasteiger partial charge in [-0.3, -0.25) is 0 Å². The summed E-state index contributed by atoms with van der Waals surface area (Å²) >= 11 is 0.173. The first-order valence-electron chi connectivity index (χ1n) is 4.32. The molecule has 0 radical (unpaired) electrons. The average molecular weight is 261 g/mol. The molecule has 0 saturated heterocycles. The van der Waals surface area contributed by atoms with E-state index in [0.29, 0.717) is 0 Å². The fraction of sp³-hybridized carbons (Fsp3) is 0.200. The Morgan fingerprint density at radius 1 is 1.23 bits per heavy atom. The molecule has 0 aliphatic heterocycles. The molecular weight excluding hydrogens is 249 g/mol. The van der Waals surface area contributed by atoms with Crippen LogP contribution in [0.1, 0.15) is 12.6 Å². The second-order valence-corrected chi connectivity index (χ2v) is 5.04. The molecular formula is C10H12N2Ru. The number of aromatic nitrogens is 2. The molecule has 2 rings (SSSR count). The van der Waals surface area contributed by atoms with E-state index in [2.05, 4.69) is 35.1 Å². The fourth-order valence-corrected chi connectivity index (χ4v) is 3.26. The SMILES string of the molecule is CCc1[nH]cc[c]1[Ru][c]1ccc[nH]1. The van der Waals surface area contributed by atoms with Gasteiger partial charge in [0.1, 0.15) is 0 Å². The van der Waals surface area contributed by atoms with Gasteiger partial charge in [-0.1, -0.05) is 0 Å². The van der Waals surface area contributed by atoms with Crippen LogP contribution >= 0.6 is 0 Å². The molecule has 0 aromatic carbocycles. The van der Waals surface area contributed by atoms with Crippen LogP contribution in [-0.4, -0.2) is 9.97 Å². The van der Waals surface area contributed by atoms with Crippen molar-refractivity contribution in [1.29, 1.82) is 0 Å². The van der Waals surface area contributed by atoms with Crippen molar-refractivity contribution in [2.45, 2.75) is 13.3 Å². The number of H-pyrrole nitrogens is 2. The van der Waals surface area contributed by atoms with Gasteiger partial charge < -0.3 is 0 Å². The maximum atomic E-state index is 3.28. The Morgan fingerprint density at radius 2 is 2.15 bits per heavy atom. The van der Waals surface area contributed by atoms with Crippen molar-refractivity contribution >= 4 is 8.45 Å². The van der Waals surface area contributed by atoms with Crippen molar-refractivity contribution in [3.8, 4) is 0 Å². The molecule has 2 aromatic heterocycles. The Bertz CT molecular complexity index is 362. The number of rotatable bonds is 3. The zero-order valence-electron chi connectivity index (χ0n) is 7.45. The Labute approximate surface area is 85.4 Å². The summed E-state index contributed by atoms with van der Waals surface area (Å²) in [5.41, 5.74) is 1.38. The van der Waals surface area contributed by atoms with Crippen LogP contribution in [0.4, 0.5) is 0 Å². The van der Waals surface area contributed by atoms with E-state index in [0.717, 1.165) is 6.42 Å². The zero-order chi connectivity index (χ0) is 9.10. The molecule has 2 nitrogen and oxygen atoms in total. The summed E-state index contributed by atoms with van der Waals surface area (Å²) in [6.45, 7) is 2.19. The molecule has 13 heavy (non-hydrogen) atoms. The first-order valence-corrected chi connectivity index (χ1v) is 6.06. The minimum atomic E-state index is 0.173. The van der Waals surface area contributed by atoms with Crippen LogP contribution in [0, 0.1) is 0 Å². The average Bonchev–Trinajstić information content (AvgIpc) is 2.76. The third-order valence-electron chi connectivity index (χ3n) is 1.86. The van der Waals surface area contributed by atoms with E-state index in [1.807, 2.05) is 12.4 Å². The van der Waals surface area contributed by atoms with Crippen LogP contribution in [0.25, 0.3) is 0 Å². The van der Waals surface area contributed by atoms with E-state index in [-0.39, 0.29) is 17.1 Å². The van der Waals surface area contributed by atoms with Gasteiger partial charge in [-0.25, -0.2) is 0 Å². The van der Waals surface area contributed by atoms with Gasteiger partial charge in [0.15, 0.2) is 0 Å². The first-order chi connectivity index (χ1) is 6.40.